The van der Waals surface area contributed by atoms with Crippen LogP contribution in [0.25, 0.3) is 0 Å². The van der Waals surface area contributed by atoms with Crippen LogP contribution in [0.3, 0.4) is 0 Å². The van der Waals surface area contributed by atoms with Gasteiger partial charge in [-0.15, -0.1) is 0 Å². The molecule has 1 fully saturated rings. The van der Waals surface area contributed by atoms with Crippen molar-refractivity contribution < 1.29 is 17.9 Å². The Hall–Kier alpha value is -1.76. The van der Waals surface area contributed by atoms with Gasteiger partial charge >= 0.3 is 6.18 Å². The number of nitrogens with one attached hydrogen (secondary N) is 2. The van der Waals surface area contributed by atoms with Crippen LogP contribution < -0.4 is 10.6 Å². The topological polar surface area (TPSA) is 45.7 Å². The average molecular weight is 385 g/mol. The van der Waals surface area contributed by atoms with Crippen LogP contribution in [0.5, 0.6) is 0 Å². The molecule has 27 heavy (non-hydrogen) atoms. The van der Waals surface area contributed by atoms with Gasteiger partial charge in [-0.2, -0.15) is 13.2 Å². The number of ether oxygens (including phenoxy) is 1. The molecule has 0 aliphatic carbocycles. The van der Waals surface area contributed by atoms with Crippen LogP contribution in [-0.2, 0) is 16.3 Å². The van der Waals surface area contributed by atoms with E-state index in [9.17, 15) is 13.2 Å². The average Bonchev–Trinajstić information content (AvgIpc) is 2.64. The molecule has 0 atom stereocenters. The summed E-state index contributed by atoms with van der Waals surface area (Å²) in [4.78, 5) is 4.71. The summed E-state index contributed by atoms with van der Waals surface area (Å²) in [6, 6.07) is 5.66. The van der Waals surface area contributed by atoms with Crippen LogP contribution in [-0.4, -0.2) is 38.8 Å². The van der Waals surface area contributed by atoms with Crippen molar-refractivity contribution in [2.75, 3.05) is 32.8 Å². The van der Waals surface area contributed by atoms with E-state index < -0.39 is 17.2 Å². The fraction of sp³-hybridized carbons (Fsp3) is 0.650. The molecule has 1 saturated heterocycles. The van der Waals surface area contributed by atoms with Gasteiger partial charge in [-0.05, 0) is 37.3 Å². The lowest BCUT2D eigenvalue weighted by atomic mass is 9.74. The minimum atomic E-state index is -4.35. The Bertz CT molecular complexity index is 623. The number of nitrogens with zero attached hydrogens (tertiary/aromatic N) is 1. The Kier molecular flexibility index (Phi) is 7.53. The predicted molar refractivity (Wildman–Crippen MR) is 102 cm³/mol. The van der Waals surface area contributed by atoms with Gasteiger partial charge in [0.2, 0.25) is 0 Å². The van der Waals surface area contributed by atoms with Crippen molar-refractivity contribution in [1.82, 2.24) is 10.6 Å². The lowest BCUT2D eigenvalue weighted by molar-refractivity contribution is -0.137. The molecule has 0 radical (unpaired) electrons. The van der Waals surface area contributed by atoms with Gasteiger partial charge in [-0.1, -0.05) is 32.0 Å². The maximum atomic E-state index is 13.2. The second-order valence-corrected chi connectivity index (χ2v) is 7.44. The highest BCUT2D eigenvalue weighted by atomic mass is 19.4. The largest absolute Gasteiger partial charge is 0.416 e. The van der Waals surface area contributed by atoms with Gasteiger partial charge < -0.3 is 15.4 Å². The number of aliphatic imine (C=N–C) groups is 1. The van der Waals surface area contributed by atoms with E-state index in [4.69, 9.17) is 9.73 Å². The molecule has 0 spiro atoms. The summed E-state index contributed by atoms with van der Waals surface area (Å²) in [5, 5.41) is 6.50. The summed E-state index contributed by atoms with van der Waals surface area (Å²) in [6.07, 6.45) is -3.04. The minimum Gasteiger partial charge on any atom is -0.381 e. The van der Waals surface area contributed by atoms with E-state index in [1.165, 1.54) is 12.1 Å². The Balaban J connectivity index is 2.29. The third-order valence-corrected chi connectivity index (χ3v) is 4.81. The van der Waals surface area contributed by atoms with Gasteiger partial charge in [0.1, 0.15) is 0 Å². The van der Waals surface area contributed by atoms with Crippen molar-refractivity contribution in [3.63, 3.8) is 0 Å². The summed E-state index contributed by atoms with van der Waals surface area (Å²) in [5.74, 6) is 1.17. The summed E-state index contributed by atoms with van der Waals surface area (Å²) < 4.78 is 45.0. The lowest BCUT2D eigenvalue weighted by Crippen LogP contribution is -2.42. The standard InChI is InChI=1S/C20H30F3N3O/c1-4-24-18(25-13-15(2)3)26-14-19(8-10-27-11-9-19)16-6-5-7-17(12-16)20(21,22)23/h5-7,12,15H,4,8-11,13-14H2,1-3H3,(H2,24,25,26). The Morgan fingerprint density at radius 1 is 1.22 bits per heavy atom. The molecule has 0 unspecified atom stereocenters. The van der Waals surface area contributed by atoms with Gasteiger partial charge in [0.05, 0.1) is 12.1 Å². The highest BCUT2D eigenvalue weighted by Crippen LogP contribution is 2.38. The number of rotatable bonds is 6. The van der Waals surface area contributed by atoms with Crippen LogP contribution in [0.4, 0.5) is 13.2 Å². The second kappa shape index (κ2) is 9.44. The number of hydrogen-bond donors (Lipinski definition) is 2. The number of halogens is 3. The van der Waals surface area contributed by atoms with E-state index in [0.717, 1.165) is 19.2 Å². The molecule has 2 N–H and O–H groups in total. The van der Waals surface area contributed by atoms with Crippen LogP contribution in [0.2, 0.25) is 0 Å². The molecule has 0 amide bonds. The molecular weight excluding hydrogens is 355 g/mol. The zero-order valence-corrected chi connectivity index (χ0v) is 16.3. The predicted octanol–water partition coefficient (Wildman–Crippen LogP) is 3.96. The van der Waals surface area contributed by atoms with E-state index in [0.29, 0.717) is 50.0 Å². The van der Waals surface area contributed by atoms with Gasteiger partial charge in [0.25, 0.3) is 0 Å². The molecule has 7 heteroatoms. The smallest absolute Gasteiger partial charge is 0.381 e. The van der Waals surface area contributed by atoms with Crippen molar-refractivity contribution in [3.8, 4) is 0 Å². The summed E-state index contributed by atoms with van der Waals surface area (Å²) in [5.41, 5.74) is -0.372. The molecule has 1 aromatic rings. The second-order valence-electron chi connectivity index (χ2n) is 7.44. The monoisotopic (exact) mass is 385 g/mol. The molecule has 1 aliphatic heterocycles. The van der Waals surface area contributed by atoms with Crippen molar-refractivity contribution >= 4 is 5.96 Å². The fourth-order valence-electron chi connectivity index (χ4n) is 3.20. The Morgan fingerprint density at radius 2 is 1.93 bits per heavy atom. The third-order valence-electron chi connectivity index (χ3n) is 4.81. The van der Waals surface area contributed by atoms with Gasteiger partial charge in [-0.3, -0.25) is 4.99 Å². The van der Waals surface area contributed by atoms with Gasteiger partial charge in [0.15, 0.2) is 5.96 Å². The van der Waals surface area contributed by atoms with E-state index in [1.807, 2.05) is 6.92 Å². The van der Waals surface area contributed by atoms with E-state index in [-0.39, 0.29) is 0 Å². The van der Waals surface area contributed by atoms with Crippen molar-refractivity contribution in [2.45, 2.75) is 45.2 Å². The summed E-state index contributed by atoms with van der Waals surface area (Å²) >= 11 is 0. The first-order chi connectivity index (χ1) is 12.8. The number of alkyl halides is 3. The third kappa shape index (κ3) is 6.13. The normalized spacial score (nSPS) is 17.8. The molecule has 1 aliphatic rings. The molecule has 0 aromatic heterocycles. The molecule has 152 valence electrons. The first kappa shape index (κ1) is 21.5. The molecule has 1 heterocycles. The number of hydrogen-bond acceptors (Lipinski definition) is 2. The molecule has 1 aromatic carbocycles. The Labute approximate surface area is 159 Å². The summed E-state index contributed by atoms with van der Waals surface area (Å²) in [7, 11) is 0. The first-order valence-electron chi connectivity index (χ1n) is 9.54. The molecular formula is C20H30F3N3O. The molecule has 0 bridgehead atoms. The maximum absolute atomic E-state index is 13.2. The number of benzene rings is 1. The van der Waals surface area contributed by atoms with E-state index in [1.54, 1.807) is 6.07 Å². The zero-order chi connectivity index (χ0) is 19.9. The van der Waals surface area contributed by atoms with Gasteiger partial charge in [-0.25, -0.2) is 0 Å². The zero-order valence-electron chi connectivity index (χ0n) is 16.3. The van der Waals surface area contributed by atoms with Crippen LogP contribution in [0, 0.1) is 5.92 Å². The van der Waals surface area contributed by atoms with Gasteiger partial charge in [0, 0.05) is 31.7 Å². The molecule has 0 saturated carbocycles. The van der Waals surface area contributed by atoms with Crippen molar-refractivity contribution in [1.29, 1.82) is 0 Å². The molecule has 2 rings (SSSR count). The minimum absolute atomic E-state index is 0.422. The van der Waals surface area contributed by atoms with E-state index in [2.05, 4.69) is 24.5 Å². The summed E-state index contributed by atoms with van der Waals surface area (Å²) in [6.45, 7) is 9.20. The molecule has 4 nitrogen and oxygen atoms in total. The van der Waals surface area contributed by atoms with E-state index >= 15 is 0 Å². The maximum Gasteiger partial charge on any atom is 0.416 e. The van der Waals surface area contributed by atoms with Crippen molar-refractivity contribution in [2.24, 2.45) is 10.9 Å². The number of guanidine groups is 1. The fourth-order valence-corrected chi connectivity index (χ4v) is 3.20. The highest BCUT2D eigenvalue weighted by Gasteiger charge is 2.37. The van der Waals surface area contributed by atoms with Crippen LogP contribution >= 0.6 is 0 Å². The lowest BCUT2D eigenvalue weighted by Gasteiger charge is -2.37. The first-order valence-corrected chi connectivity index (χ1v) is 9.54. The quantitative estimate of drug-likeness (QED) is 0.575. The highest BCUT2D eigenvalue weighted by molar-refractivity contribution is 5.79. The Morgan fingerprint density at radius 3 is 2.52 bits per heavy atom. The van der Waals surface area contributed by atoms with Crippen molar-refractivity contribution in [3.05, 3.63) is 35.4 Å². The van der Waals surface area contributed by atoms with Crippen LogP contribution in [0.15, 0.2) is 29.3 Å². The SMILES string of the molecule is CCNC(=NCC1(c2cccc(C(F)(F)F)c2)CCOCC1)NCC(C)C. The van der Waals surface area contributed by atoms with Crippen LogP contribution in [0.1, 0.15) is 44.7 Å².